The van der Waals surface area contributed by atoms with Gasteiger partial charge in [-0.3, -0.25) is 0 Å². The number of halogens is 1. The lowest BCUT2D eigenvalue weighted by atomic mass is 10.1. The van der Waals surface area contributed by atoms with Gasteiger partial charge in [0.05, 0.1) is 15.6 Å². The SMILES string of the molecule is Cc1ccc(C(C)Nc2cc(S(C)(=O)=O)ccc2Cl)cc1. The van der Waals surface area contributed by atoms with Crippen LogP contribution in [0.1, 0.15) is 24.1 Å². The van der Waals surface area contributed by atoms with Gasteiger partial charge in [0.1, 0.15) is 0 Å². The maximum atomic E-state index is 11.6. The van der Waals surface area contributed by atoms with Gasteiger partial charge < -0.3 is 5.32 Å². The molecule has 0 aliphatic rings. The van der Waals surface area contributed by atoms with Crippen LogP contribution in [0, 0.1) is 6.92 Å². The Labute approximate surface area is 130 Å². The van der Waals surface area contributed by atoms with Crippen LogP contribution in [0.15, 0.2) is 47.4 Å². The third kappa shape index (κ3) is 3.99. The first kappa shape index (κ1) is 15.9. The molecular formula is C16H18ClNO2S. The van der Waals surface area contributed by atoms with E-state index in [0.717, 1.165) is 5.56 Å². The summed E-state index contributed by atoms with van der Waals surface area (Å²) in [6.45, 7) is 4.04. The first-order valence-electron chi connectivity index (χ1n) is 6.60. The van der Waals surface area contributed by atoms with Crippen LogP contribution in [-0.4, -0.2) is 14.7 Å². The molecule has 5 heteroatoms. The molecule has 3 nitrogen and oxygen atoms in total. The predicted octanol–water partition coefficient (Wildman–Crippen LogP) is 4.23. The van der Waals surface area contributed by atoms with Gasteiger partial charge in [0.2, 0.25) is 0 Å². The quantitative estimate of drug-likeness (QED) is 0.916. The molecule has 0 spiro atoms. The van der Waals surface area contributed by atoms with Crippen LogP contribution in [0.3, 0.4) is 0 Å². The predicted molar refractivity (Wildman–Crippen MR) is 87.8 cm³/mol. The van der Waals surface area contributed by atoms with E-state index in [-0.39, 0.29) is 10.9 Å². The minimum absolute atomic E-state index is 0.0258. The van der Waals surface area contributed by atoms with Gasteiger partial charge in [-0.15, -0.1) is 0 Å². The van der Waals surface area contributed by atoms with Crippen LogP contribution in [0.4, 0.5) is 5.69 Å². The monoisotopic (exact) mass is 323 g/mol. The van der Waals surface area contributed by atoms with E-state index in [1.54, 1.807) is 12.1 Å². The summed E-state index contributed by atoms with van der Waals surface area (Å²) in [7, 11) is -3.25. The molecule has 0 saturated heterocycles. The number of hydrogen-bond donors (Lipinski definition) is 1. The normalized spacial score (nSPS) is 13.0. The van der Waals surface area contributed by atoms with Crippen molar-refractivity contribution in [3.63, 3.8) is 0 Å². The lowest BCUT2D eigenvalue weighted by Gasteiger charge is -2.17. The van der Waals surface area contributed by atoms with Crippen molar-refractivity contribution in [2.45, 2.75) is 24.8 Å². The summed E-state index contributed by atoms with van der Waals surface area (Å²) < 4.78 is 23.2. The molecule has 0 aliphatic carbocycles. The highest BCUT2D eigenvalue weighted by molar-refractivity contribution is 7.90. The summed E-state index contributed by atoms with van der Waals surface area (Å²) in [5.74, 6) is 0. The first-order valence-corrected chi connectivity index (χ1v) is 8.87. The fraction of sp³-hybridized carbons (Fsp3) is 0.250. The van der Waals surface area contributed by atoms with Crippen molar-refractivity contribution in [3.8, 4) is 0 Å². The van der Waals surface area contributed by atoms with E-state index < -0.39 is 9.84 Å². The van der Waals surface area contributed by atoms with Crippen molar-refractivity contribution in [1.29, 1.82) is 0 Å². The number of benzene rings is 2. The highest BCUT2D eigenvalue weighted by atomic mass is 35.5. The van der Waals surface area contributed by atoms with Crippen LogP contribution in [0.5, 0.6) is 0 Å². The Morgan fingerprint density at radius 2 is 1.71 bits per heavy atom. The Morgan fingerprint density at radius 3 is 2.29 bits per heavy atom. The molecule has 112 valence electrons. The molecule has 2 aromatic rings. The maximum Gasteiger partial charge on any atom is 0.175 e. The number of hydrogen-bond acceptors (Lipinski definition) is 3. The molecule has 2 rings (SSSR count). The second kappa shape index (κ2) is 6.08. The summed E-state index contributed by atoms with van der Waals surface area (Å²) >= 11 is 6.15. The summed E-state index contributed by atoms with van der Waals surface area (Å²) in [4.78, 5) is 0.255. The summed E-state index contributed by atoms with van der Waals surface area (Å²) in [5, 5.41) is 3.76. The van der Waals surface area contributed by atoms with Crippen molar-refractivity contribution >= 4 is 27.1 Å². The maximum absolute atomic E-state index is 11.6. The van der Waals surface area contributed by atoms with Gasteiger partial charge in [0, 0.05) is 12.3 Å². The topological polar surface area (TPSA) is 46.2 Å². The number of rotatable bonds is 4. The molecule has 1 N–H and O–H groups in total. The smallest absolute Gasteiger partial charge is 0.175 e. The van der Waals surface area contributed by atoms with E-state index in [2.05, 4.69) is 5.32 Å². The summed E-state index contributed by atoms with van der Waals surface area (Å²) in [6.07, 6.45) is 1.18. The zero-order chi connectivity index (χ0) is 15.6. The Bertz CT molecular complexity index is 739. The fourth-order valence-corrected chi connectivity index (χ4v) is 2.84. The molecule has 0 amide bonds. The number of aryl methyl sites for hydroxylation is 1. The summed E-state index contributed by atoms with van der Waals surface area (Å²) in [6, 6.07) is 12.9. The van der Waals surface area contributed by atoms with Crippen LogP contribution in [-0.2, 0) is 9.84 Å². The van der Waals surface area contributed by atoms with Gasteiger partial charge >= 0.3 is 0 Å². The van der Waals surface area contributed by atoms with Crippen molar-refractivity contribution in [3.05, 3.63) is 58.6 Å². The average molecular weight is 324 g/mol. The second-order valence-electron chi connectivity index (χ2n) is 5.19. The van der Waals surface area contributed by atoms with Crippen LogP contribution in [0.2, 0.25) is 5.02 Å². The Kier molecular flexibility index (Phi) is 4.59. The summed E-state index contributed by atoms with van der Waals surface area (Å²) in [5.41, 5.74) is 2.93. The molecule has 2 aromatic carbocycles. The van der Waals surface area contributed by atoms with Crippen molar-refractivity contribution in [2.75, 3.05) is 11.6 Å². The molecule has 0 bridgehead atoms. The minimum atomic E-state index is -3.25. The zero-order valence-electron chi connectivity index (χ0n) is 12.2. The molecule has 0 aliphatic heterocycles. The molecular weight excluding hydrogens is 306 g/mol. The van der Waals surface area contributed by atoms with E-state index in [1.165, 1.54) is 17.9 Å². The van der Waals surface area contributed by atoms with Gasteiger partial charge in [-0.2, -0.15) is 0 Å². The van der Waals surface area contributed by atoms with E-state index >= 15 is 0 Å². The molecule has 21 heavy (non-hydrogen) atoms. The standard InChI is InChI=1S/C16H18ClNO2S/c1-11-4-6-13(7-5-11)12(2)18-16-10-14(21(3,19)20)8-9-15(16)17/h4-10,12,18H,1-3H3. The van der Waals surface area contributed by atoms with Crippen LogP contribution < -0.4 is 5.32 Å². The van der Waals surface area contributed by atoms with Gasteiger partial charge in [-0.1, -0.05) is 41.4 Å². The molecule has 0 aromatic heterocycles. The van der Waals surface area contributed by atoms with Crippen molar-refractivity contribution in [2.24, 2.45) is 0 Å². The van der Waals surface area contributed by atoms with E-state index in [1.807, 2.05) is 38.1 Å². The molecule has 0 saturated carbocycles. The lowest BCUT2D eigenvalue weighted by molar-refractivity contribution is 0.602. The fourth-order valence-electron chi connectivity index (χ4n) is 2.02. The Balaban J connectivity index is 2.28. The van der Waals surface area contributed by atoms with Gasteiger partial charge in [0.25, 0.3) is 0 Å². The highest BCUT2D eigenvalue weighted by Gasteiger charge is 2.12. The number of nitrogens with one attached hydrogen (secondary N) is 1. The Morgan fingerprint density at radius 1 is 1.10 bits per heavy atom. The van der Waals surface area contributed by atoms with E-state index in [0.29, 0.717) is 10.7 Å². The van der Waals surface area contributed by atoms with Crippen molar-refractivity contribution < 1.29 is 8.42 Å². The van der Waals surface area contributed by atoms with Crippen LogP contribution in [0.25, 0.3) is 0 Å². The van der Waals surface area contributed by atoms with Crippen LogP contribution >= 0.6 is 11.6 Å². The minimum Gasteiger partial charge on any atom is -0.377 e. The molecule has 0 fully saturated rings. The Hall–Kier alpha value is -1.52. The van der Waals surface area contributed by atoms with Crippen molar-refractivity contribution in [1.82, 2.24) is 0 Å². The average Bonchev–Trinajstić information content (AvgIpc) is 2.40. The van der Waals surface area contributed by atoms with Gasteiger partial charge in [-0.25, -0.2) is 8.42 Å². The molecule has 0 radical (unpaired) electrons. The molecule has 1 unspecified atom stereocenters. The number of anilines is 1. The third-order valence-electron chi connectivity index (χ3n) is 3.32. The highest BCUT2D eigenvalue weighted by Crippen LogP contribution is 2.28. The zero-order valence-corrected chi connectivity index (χ0v) is 13.8. The largest absolute Gasteiger partial charge is 0.377 e. The molecule has 0 heterocycles. The lowest BCUT2D eigenvalue weighted by Crippen LogP contribution is -2.08. The van der Waals surface area contributed by atoms with Gasteiger partial charge in [-0.05, 0) is 37.6 Å². The van der Waals surface area contributed by atoms with E-state index in [4.69, 9.17) is 11.6 Å². The third-order valence-corrected chi connectivity index (χ3v) is 4.76. The van der Waals surface area contributed by atoms with E-state index in [9.17, 15) is 8.42 Å². The first-order chi connectivity index (χ1) is 9.77. The number of sulfone groups is 1. The van der Waals surface area contributed by atoms with Gasteiger partial charge in [0.15, 0.2) is 9.84 Å². The molecule has 1 atom stereocenters. The second-order valence-corrected chi connectivity index (χ2v) is 7.61.